The average molecular weight is 289 g/mol. The maximum absolute atomic E-state index is 3.64. The number of hydrogen-bond acceptors (Lipinski definition) is 3. The van der Waals surface area contributed by atoms with E-state index in [0.29, 0.717) is 24.2 Å². The van der Waals surface area contributed by atoms with Crippen molar-refractivity contribution >= 4 is 5.69 Å². The molecule has 0 saturated carbocycles. The van der Waals surface area contributed by atoms with Gasteiger partial charge in [0.15, 0.2) is 0 Å². The minimum atomic E-state index is 0.410. The average Bonchev–Trinajstić information content (AvgIpc) is 2.85. The molecule has 0 amide bonds. The summed E-state index contributed by atoms with van der Waals surface area (Å²) in [7, 11) is 0. The second-order valence-corrected chi connectivity index (χ2v) is 6.89. The van der Waals surface area contributed by atoms with Crippen LogP contribution < -0.4 is 15.5 Å². The van der Waals surface area contributed by atoms with E-state index in [0.717, 1.165) is 13.1 Å². The zero-order valence-corrected chi connectivity index (χ0v) is 14.2. The number of rotatable bonds is 6. The Morgan fingerprint density at radius 3 is 2.24 bits per heavy atom. The fourth-order valence-electron chi connectivity index (χ4n) is 3.17. The molecule has 1 aliphatic heterocycles. The van der Waals surface area contributed by atoms with Gasteiger partial charge in [0, 0.05) is 42.9 Å². The van der Waals surface area contributed by atoms with Crippen LogP contribution in [0.4, 0.5) is 5.69 Å². The van der Waals surface area contributed by atoms with Crippen molar-refractivity contribution in [3.05, 3.63) is 29.8 Å². The number of hydrogen-bond donors (Lipinski definition) is 2. The molecule has 2 unspecified atom stereocenters. The Bertz CT molecular complexity index is 425. The van der Waals surface area contributed by atoms with E-state index in [1.54, 1.807) is 0 Å². The van der Waals surface area contributed by atoms with Crippen LogP contribution in [0.2, 0.25) is 0 Å². The molecule has 3 nitrogen and oxygen atoms in total. The standard InChI is InChI=1S/C18H31N3/c1-13(2)19-15(5)16-6-8-18(9-7-16)21-11-10-17(12-21)20-14(3)4/h6-9,13-15,17,19-20H,10-12H2,1-5H3. The fourth-order valence-corrected chi connectivity index (χ4v) is 3.17. The van der Waals surface area contributed by atoms with Gasteiger partial charge >= 0.3 is 0 Å². The largest absolute Gasteiger partial charge is 0.370 e. The second kappa shape index (κ2) is 7.28. The van der Waals surface area contributed by atoms with Crippen LogP contribution in [-0.2, 0) is 0 Å². The lowest BCUT2D eigenvalue weighted by molar-refractivity contribution is 0.492. The van der Waals surface area contributed by atoms with Gasteiger partial charge in [-0.2, -0.15) is 0 Å². The third kappa shape index (κ3) is 4.72. The first kappa shape index (κ1) is 16.3. The SMILES string of the molecule is CC(C)NC1CCN(c2ccc(C(C)NC(C)C)cc2)C1. The minimum Gasteiger partial charge on any atom is -0.370 e. The van der Waals surface area contributed by atoms with Crippen LogP contribution in [-0.4, -0.2) is 31.2 Å². The molecule has 2 rings (SSSR count). The monoisotopic (exact) mass is 289 g/mol. The quantitative estimate of drug-likeness (QED) is 0.841. The smallest absolute Gasteiger partial charge is 0.0366 e. The van der Waals surface area contributed by atoms with Crippen molar-refractivity contribution in [2.45, 2.75) is 65.2 Å². The molecule has 0 radical (unpaired) electrons. The Kier molecular flexibility index (Phi) is 5.65. The molecule has 0 aliphatic carbocycles. The van der Waals surface area contributed by atoms with Gasteiger partial charge in [0.25, 0.3) is 0 Å². The molecule has 1 aliphatic rings. The highest BCUT2D eigenvalue weighted by Crippen LogP contribution is 2.23. The lowest BCUT2D eigenvalue weighted by Gasteiger charge is -2.22. The summed E-state index contributed by atoms with van der Waals surface area (Å²) < 4.78 is 0. The lowest BCUT2D eigenvalue weighted by atomic mass is 10.1. The van der Waals surface area contributed by atoms with Crippen LogP contribution in [0.25, 0.3) is 0 Å². The maximum Gasteiger partial charge on any atom is 0.0366 e. The van der Waals surface area contributed by atoms with Crippen molar-refractivity contribution in [3.63, 3.8) is 0 Å². The molecule has 0 bridgehead atoms. The maximum atomic E-state index is 3.64. The van der Waals surface area contributed by atoms with Crippen molar-refractivity contribution in [2.75, 3.05) is 18.0 Å². The van der Waals surface area contributed by atoms with Crippen molar-refractivity contribution in [1.82, 2.24) is 10.6 Å². The second-order valence-electron chi connectivity index (χ2n) is 6.89. The molecule has 2 N–H and O–H groups in total. The summed E-state index contributed by atoms with van der Waals surface area (Å²) in [5.41, 5.74) is 2.71. The van der Waals surface area contributed by atoms with Gasteiger partial charge in [0.2, 0.25) is 0 Å². The number of benzene rings is 1. The van der Waals surface area contributed by atoms with E-state index in [1.807, 2.05) is 0 Å². The number of nitrogens with zero attached hydrogens (tertiary/aromatic N) is 1. The zero-order chi connectivity index (χ0) is 15.4. The first-order valence-electron chi connectivity index (χ1n) is 8.32. The van der Waals surface area contributed by atoms with Gasteiger partial charge in [0.05, 0.1) is 0 Å². The van der Waals surface area contributed by atoms with Gasteiger partial charge < -0.3 is 15.5 Å². The van der Waals surface area contributed by atoms with Gasteiger partial charge in [-0.25, -0.2) is 0 Å². The van der Waals surface area contributed by atoms with Crippen LogP contribution in [0.5, 0.6) is 0 Å². The summed E-state index contributed by atoms with van der Waals surface area (Å²) in [4.78, 5) is 2.49. The summed E-state index contributed by atoms with van der Waals surface area (Å²) >= 11 is 0. The van der Waals surface area contributed by atoms with Crippen LogP contribution in [0.3, 0.4) is 0 Å². The van der Waals surface area contributed by atoms with Gasteiger partial charge in [-0.3, -0.25) is 0 Å². The Morgan fingerprint density at radius 2 is 1.67 bits per heavy atom. The number of nitrogens with one attached hydrogen (secondary N) is 2. The molecule has 3 heteroatoms. The normalized spacial score (nSPS) is 20.5. The molecule has 1 saturated heterocycles. The highest BCUT2D eigenvalue weighted by Gasteiger charge is 2.22. The van der Waals surface area contributed by atoms with Gasteiger partial charge in [-0.15, -0.1) is 0 Å². The van der Waals surface area contributed by atoms with E-state index in [2.05, 4.69) is 74.4 Å². The van der Waals surface area contributed by atoms with E-state index in [1.165, 1.54) is 17.7 Å². The van der Waals surface area contributed by atoms with Crippen molar-refractivity contribution in [2.24, 2.45) is 0 Å². The Morgan fingerprint density at radius 1 is 1.00 bits per heavy atom. The molecule has 0 aromatic heterocycles. The predicted molar refractivity (Wildman–Crippen MR) is 92.0 cm³/mol. The topological polar surface area (TPSA) is 27.3 Å². The van der Waals surface area contributed by atoms with Crippen molar-refractivity contribution in [1.29, 1.82) is 0 Å². The highest BCUT2D eigenvalue weighted by atomic mass is 15.2. The Labute approximate surface area is 130 Å². The lowest BCUT2D eigenvalue weighted by Crippen LogP contribution is -2.37. The summed E-state index contributed by atoms with van der Waals surface area (Å²) in [6.45, 7) is 13.3. The van der Waals surface area contributed by atoms with E-state index < -0.39 is 0 Å². The number of anilines is 1. The molecule has 118 valence electrons. The Hall–Kier alpha value is -1.06. The summed E-state index contributed by atoms with van der Waals surface area (Å²) in [5, 5.41) is 7.19. The van der Waals surface area contributed by atoms with E-state index in [9.17, 15) is 0 Å². The summed E-state index contributed by atoms with van der Waals surface area (Å²) in [5.74, 6) is 0. The van der Waals surface area contributed by atoms with Crippen LogP contribution in [0, 0.1) is 0 Å². The molecule has 2 atom stereocenters. The molecular weight excluding hydrogens is 258 g/mol. The molecule has 21 heavy (non-hydrogen) atoms. The van der Waals surface area contributed by atoms with Crippen LogP contribution in [0.1, 0.15) is 52.6 Å². The molecule has 1 aromatic carbocycles. The van der Waals surface area contributed by atoms with Crippen LogP contribution in [0.15, 0.2) is 24.3 Å². The van der Waals surface area contributed by atoms with Crippen LogP contribution >= 0.6 is 0 Å². The summed E-state index contributed by atoms with van der Waals surface area (Å²) in [6.07, 6.45) is 1.24. The van der Waals surface area contributed by atoms with Gasteiger partial charge in [-0.1, -0.05) is 39.8 Å². The molecule has 1 heterocycles. The minimum absolute atomic E-state index is 0.410. The predicted octanol–water partition coefficient (Wildman–Crippen LogP) is 3.32. The van der Waals surface area contributed by atoms with E-state index in [-0.39, 0.29) is 0 Å². The third-order valence-electron chi connectivity index (χ3n) is 4.10. The molecule has 1 fully saturated rings. The Balaban J connectivity index is 1.94. The van der Waals surface area contributed by atoms with Gasteiger partial charge in [-0.05, 0) is 31.0 Å². The molecular formula is C18H31N3. The third-order valence-corrected chi connectivity index (χ3v) is 4.10. The van der Waals surface area contributed by atoms with Gasteiger partial charge in [0.1, 0.15) is 0 Å². The highest BCUT2D eigenvalue weighted by molar-refractivity contribution is 5.49. The van der Waals surface area contributed by atoms with E-state index >= 15 is 0 Å². The molecule has 1 aromatic rings. The zero-order valence-electron chi connectivity index (χ0n) is 14.2. The fraction of sp³-hybridized carbons (Fsp3) is 0.667. The first-order chi connectivity index (χ1) is 9.95. The molecule has 0 spiro atoms. The summed E-state index contributed by atoms with van der Waals surface area (Å²) in [6, 6.07) is 11.2. The van der Waals surface area contributed by atoms with E-state index in [4.69, 9.17) is 0 Å². The van der Waals surface area contributed by atoms with Crippen molar-refractivity contribution in [3.8, 4) is 0 Å². The van der Waals surface area contributed by atoms with Crippen molar-refractivity contribution < 1.29 is 0 Å². The first-order valence-corrected chi connectivity index (χ1v) is 8.32.